The van der Waals surface area contributed by atoms with Crippen LogP contribution in [0.15, 0.2) is 22.7 Å². The molecular weight excluding hydrogens is 298 g/mol. The molecule has 1 unspecified atom stereocenters. The molecule has 92 valence electrons. The van der Waals surface area contributed by atoms with Crippen LogP contribution >= 0.6 is 27.7 Å². The monoisotopic (exact) mass is 313 g/mol. The Balaban J connectivity index is 2.16. The maximum Gasteiger partial charge on any atom is 0.151 e. The van der Waals surface area contributed by atoms with Crippen LogP contribution < -0.4 is 4.90 Å². The molecule has 1 heterocycles. The van der Waals surface area contributed by atoms with Crippen molar-refractivity contribution in [3.05, 3.63) is 28.2 Å². The van der Waals surface area contributed by atoms with E-state index in [1.54, 1.807) is 0 Å². The molecule has 4 heteroatoms. The van der Waals surface area contributed by atoms with Crippen molar-refractivity contribution in [2.75, 3.05) is 23.7 Å². The van der Waals surface area contributed by atoms with Gasteiger partial charge in [-0.05, 0) is 40.5 Å². The van der Waals surface area contributed by atoms with Crippen LogP contribution in [0.25, 0.3) is 0 Å². The van der Waals surface area contributed by atoms with E-state index in [-0.39, 0.29) is 0 Å². The van der Waals surface area contributed by atoms with Gasteiger partial charge in [0.25, 0.3) is 0 Å². The van der Waals surface area contributed by atoms with E-state index in [1.165, 1.54) is 17.9 Å². The summed E-state index contributed by atoms with van der Waals surface area (Å²) in [5.74, 6) is 1.19. The molecule has 1 aromatic rings. The molecule has 1 atom stereocenters. The number of hydrogen-bond donors (Lipinski definition) is 0. The lowest BCUT2D eigenvalue weighted by Gasteiger charge is -2.33. The Kier molecular flexibility index (Phi) is 4.51. The SMILES string of the molecule is CCC1CN(c2ccc(C=O)c(Br)c2)CCS1. The lowest BCUT2D eigenvalue weighted by molar-refractivity contribution is 0.112. The molecule has 17 heavy (non-hydrogen) atoms. The van der Waals surface area contributed by atoms with Crippen molar-refractivity contribution in [3.63, 3.8) is 0 Å². The second kappa shape index (κ2) is 5.91. The summed E-state index contributed by atoms with van der Waals surface area (Å²) in [6, 6.07) is 5.97. The number of rotatable bonds is 3. The fourth-order valence-electron chi connectivity index (χ4n) is 2.01. The molecule has 1 saturated heterocycles. The van der Waals surface area contributed by atoms with Gasteiger partial charge in [-0.3, -0.25) is 4.79 Å². The molecule has 0 bridgehead atoms. The number of thioether (sulfide) groups is 1. The van der Waals surface area contributed by atoms with Crippen molar-refractivity contribution in [2.45, 2.75) is 18.6 Å². The van der Waals surface area contributed by atoms with E-state index in [0.717, 1.165) is 29.1 Å². The maximum absolute atomic E-state index is 10.8. The van der Waals surface area contributed by atoms with Crippen molar-refractivity contribution in [1.82, 2.24) is 0 Å². The highest BCUT2D eigenvalue weighted by molar-refractivity contribution is 9.10. The van der Waals surface area contributed by atoms with Crippen LogP contribution in [0, 0.1) is 0 Å². The molecule has 0 aliphatic carbocycles. The number of halogens is 1. The molecule has 0 N–H and O–H groups in total. The second-order valence-corrected chi connectivity index (χ2v) is 6.43. The van der Waals surface area contributed by atoms with E-state index in [4.69, 9.17) is 0 Å². The average molecular weight is 314 g/mol. The standard InChI is InChI=1S/C13H16BrNOS/c1-2-12-8-15(5-6-17-12)11-4-3-10(9-16)13(14)7-11/h3-4,7,9,12H,2,5-6,8H2,1H3. The van der Waals surface area contributed by atoms with Gasteiger partial charge in [0.15, 0.2) is 6.29 Å². The number of aldehydes is 1. The molecule has 0 amide bonds. The fourth-order valence-corrected chi connectivity index (χ4v) is 3.65. The highest BCUT2D eigenvalue weighted by Gasteiger charge is 2.19. The van der Waals surface area contributed by atoms with Crippen molar-refractivity contribution in [1.29, 1.82) is 0 Å². The van der Waals surface area contributed by atoms with Crippen LogP contribution in [0.4, 0.5) is 5.69 Å². The predicted molar refractivity (Wildman–Crippen MR) is 78.3 cm³/mol. The first-order chi connectivity index (χ1) is 8.24. The highest BCUT2D eigenvalue weighted by Crippen LogP contribution is 2.28. The second-order valence-electron chi connectivity index (χ2n) is 4.17. The van der Waals surface area contributed by atoms with Gasteiger partial charge in [-0.25, -0.2) is 0 Å². The number of carbonyl (C=O) groups is 1. The van der Waals surface area contributed by atoms with E-state index < -0.39 is 0 Å². The zero-order valence-electron chi connectivity index (χ0n) is 9.86. The normalized spacial score (nSPS) is 20.4. The number of anilines is 1. The highest BCUT2D eigenvalue weighted by atomic mass is 79.9. The van der Waals surface area contributed by atoms with Gasteiger partial charge in [0.05, 0.1) is 0 Å². The third kappa shape index (κ3) is 3.05. The van der Waals surface area contributed by atoms with Crippen LogP contribution in [-0.2, 0) is 0 Å². The summed E-state index contributed by atoms with van der Waals surface area (Å²) >= 11 is 5.51. The number of hydrogen-bond acceptors (Lipinski definition) is 3. The van der Waals surface area contributed by atoms with Gasteiger partial charge < -0.3 is 4.90 Å². The summed E-state index contributed by atoms with van der Waals surface area (Å²) in [7, 11) is 0. The minimum absolute atomic E-state index is 0.715. The van der Waals surface area contributed by atoms with Crippen molar-refractivity contribution >= 4 is 39.7 Å². The molecule has 1 aromatic carbocycles. The molecule has 0 radical (unpaired) electrons. The van der Waals surface area contributed by atoms with Crippen LogP contribution in [0.1, 0.15) is 23.7 Å². The van der Waals surface area contributed by atoms with E-state index >= 15 is 0 Å². The van der Waals surface area contributed by atoms with Gasteiger partial charge in [-0.1, -0.05) is 6.92 Å². The van der Waals surface area contributed by atoms with Crippen molar-refractivity contribution < 1.29 is 4.79 Å². The molecule has 1 aliphatic rings. The Hall–Kier alpha value is -0.480. The molecule has 0 aromatic heterocycles. The largest absolute Gasteiger partial charge is 0.370 e. The van der Waals surface area contributed by atoms with Gasteiger partial charge >= 0.3 is 0 Å². The summed E-state index contributed by atoms with van der Waals surface area (Å²) in [4.78, 5) is 13.2. The topological polar surface area (TPSA) is 20.3 Å². The third-order valence-electron chi connectivity index (χ3n) is 3.07. The van der Waals surface area contributed by atoms with Gasteiger partial charge in [0.1, 0.15) is 0 Å². The number of carbonyl (C=O) groups excluding carboxylic acids is 1. The van der Waals surface area contributed by atoms with Crippen molar-refractivity contribution in [3.8, 4) is 0 Å². The summed E-state index contributed by atoms with van der Waals surface area (Å²) in [6.45, 7) is 4.44. The van der Waals surface area contributed by atoms with Crippen LogP contribution in [-0.4, -0.2) is 30.4 Å². The zero-order chi connectivity index (χ0) is 12.3. The quantitative estimate of drug-likeness (QED) is 0.795. The van der Waals surface area contributed by atoms with Crippen LogP contribution in [0.3, 0.4) is 0 Å². The first kappa shape index (κ1) is 13.0. The summed E-state index contributed by atoms with van der Waals surface area (Å²) in [5, 5.41) is 0.730. The van der Waals surface area contributed by atoms with Gasteiger partial charge in [0.2, 0.25) is 0 Å². The van der Waals surface area contributed by atoms with E-state index in [9.17, 15) is 4.79 Å². The van der Waals surface area contributed by atoms with E-state index in [1.807, 2.05) is 18.2 Å². The summed E-state index contributed by atoms with van der Waals surface area (Å²) < 4.78 is 0.885. The molecule has 2 nitrogen and oxygen atoms in total. The van der Waals surface area contributed by atoms with Crippen molar-refractivity contribution in [2.24, 2.45) is 0 Å². The molecule has 2 rings (SSSR count). The maximum atomic E-state index is 10.8. The fraction of sp³-hybridized carbons (Fsp3) is 0.462. The van der Waals surface area contributed by atoms with Gasteiger partial charge in [-0.15, -0.1) is 0 Å². The van der Waals surface area contributed by atoms with E-state index in [0.29, 0.717) is 5.56 Å². The molecule has 0 saturated carbocycles. The van der Waals surface area contributed by atoms with E-state index in [2.05, 4.69) is 39.5 Å². The Labute approximate surface area is 115 Å². The smallest absolute Gasteiger partial charge is 0.151 e. The molecular formula is C13H16BrNOS. The summed E-state index contributed by atoms with van der Waals surface area (Å²) in [6.07, 6.45) is 2.10. The predicted octanol–water partition coefficient (Wildman–Crippen LogP) is 3.59. The minimum Gasteiger partial charge on any atom is -0.370 e. The minimum atomic E-state index is 0.715. The lowest BCUT2D eigenvalue weighted by atomic mass is 10.2. The zero-order valence-corrected chi connectivity index (χ0v) is 12.3. The first-order valence-corrected chi connectivity index (χ1v) is 7.70. The summed E-state index contributed by atoms with van der Waals surface area (Å²) in [5.41, 5.74) is 1.92. The third-order valence-corrected chi connectivity index (χ3v) is 5.13. The Bertz CT molecular complexity index is 410. The Morgan fingerprint density at radius 2 is 2.41 bits per heavy atom. The number of benzene rings is 1. The van der Waals surface area contributed by atoms with Crippen LogP contribution in [0.5, 0.6) is 0 Å². The molecule has 1 fully saturated rings. The molecule has 1 aliphatic heterocycles. The van der Waals surface area contributed by atoms with Crippen LogP contribution in [0.2, 0.25) is 0 Å². The first-order valence-electron chi connectivity index (χ1n) is 5.86. The number of nitrogens with zero attached hydrogens (tertiary/aromatic N) is 1. The average Bonchev–Trinajstić information content (AvgIpc) is 2.38. The van der Waals surface area contributed by atoms with Gasteiger partial charge in [-0.2, -0.15) is 11.8 Å². The van der Waals surface area contributed by atoms with Gasteiger partial charge in [0, 0.05) is 39.8 Å². The lowest BCUT2D eigenvalue weighted by Crippen LogP contribution is -2.37. The Morgan fingerprint density at radius 1 is 1.59 bits per heavy atom. The molecule has 0 spiro atoms. The Morgan fingerprint density at radius 3 is 3.06 bits per heavy atom.